The summed E-state index contributed by atoms with van der Waals surface area (Å²) in [6.45, 7) is 7.78. The highest BCUT2D eigenvalue weighted by Gasteiger charge is 2.21. The molecular formula is C13H20ClNO. The third kappa shape index (κ3) is 4.12. The third-order valence-corrected chi connectivity index (χ3v) is 2.42. The lowest BCUT2D eigenvalue weighted by Gasteiger charge is -2.29. The van der Waals surface area contributed by atoms with E-state index in [1.54, 1.807) is 31.2 Å². The Labute approximate surface area is 104 Å². The molecule has 2 N–H and O–H groups in total. The molecular weight excluding hydrogens is 222 g/mol. The van der Waals surface area contributed by atoms with Crippen LogP contribution in [0.5, 0.6) is 0 Å². The minimum Gasteiger partial charge on any atom is -0.387 e. The molecule has 16 heavy (non-hydrogen) atoms. The molecule has 3 heteroatoms. The number of hydrogen-bond acceptors (Lipinski definition) is 2. The lowest BCUT2D eigenvalue weighted by Crippen LogP contribution is -2.44. The van der Waals surface area contributed by atoms with Gasteiger partial charge in [-0.1, -0.05) is 23.7 Å². The van der Waals surface area contributed by atoms with Crippen molar-refractivity contribution in [1.82, 2.24) is 5.32 Å². The first-order valence-corrected chi connectivity index (χ1v) is 5.77. The normalized spacial score (nSPS) is 18.8. The Hall–Kier alpha value is -0.570. The Morgan fingerprint density at radius 2 is 2.06 bits per heavy atom. The van der Waals surface area contributed by atoms with Gasteiger partial charge in [-0.05, 0) is 45.4 Å². The molecule has 0 aliphatic heterocycles. The van der Waals surface area contributed by atoms with Gasteiger partial charge in [0.2, 0.25) is 0 Å². The SMILES string of the molecule is [3H][C@](O)(c1cccc(Cl)c1)[C@@H](C)NC(C)(C)C. The molecule has 0 aromatic heterocycles. The Morgan fingerprint density at radius 3 is 2.56 bits per heavy atom. The second-order valence-electron chi connectivity index (χ2n) is 5.01. The van der Waals surface area contributed by atoms with Gasteiger partial charge in [-0.2, -0.15) is 0 Å². The van der Waals surface area contributed by atoms with E-state index < -0.39 is 12.1 Å². The lowest BCUT2D eigenvalue weighted by molar-refractivity contribution is 0.121. The van der Waals surface area contributed by atoms with E-state index in [9.17, 15) is 5.11 Å². The topological polar surface area (TPSA) is 32.3 Å². The Morgan fingerprint density at radius 1 is 1.44 bits per heavy atom. The highest BCUT2D eigenvalue weighted by molar-refractivity contribution is 6.30. The maximum absolute atomic E-state index is 10.3. The summed E-state index contributed by atoms with van der Waals surface area (Å²) in [5, 5.41) is 14.0. The van der Waals surface area contributed by atoms with Crippen LogP contribution in [0.4, 0.5) is 0 Å². The molecule has 0 radical (unpaired) electrons. The van der Waals surface area contributed by atoms with E-state index in [0.29, 0.717) is 10.6 Å². The molecule has 0 spiro atoms. The Kier molecular flexibility index (Phi) is 3.85. The van der Waals surface area contributed by atoms with E-state index >= 15 is 0 Å². The summed E-state index contributed by atoms with van der Waals surface area (Å²) < 4.78 is 8.08. The molecule has 2 atom stereocenters. The van der Waals surface area contributed by atoms with Gasteiger partial charge in [-0.25, -0.2) is 0 Å². The van der Waals surface area contributed by atoms with E-state index in [4.69, 9.17) is 13.0 Å². The summed E-state index contributed by atoms with van der Waals surface area (Å²) in [5.41, 5.74) is 0.335. The van der Waals surface area contributed by atoms with Crippen LogP contribution >= 0.6 is 11.6 Å². The van der Waals surface area contributed by atoms with Crippen LogP contribution in [0.25, 0.3) is 0 Å². The fraction of sp³-hybridized carbons (Fsp3) is 0.538. The molecule has 0 saturated carbocycles. The van der Waals surface area contributed by atoms with Crippen molar-refractivity contribution < 1.29 is 6.48 Å². The number of hydrogen-bond donors (Lipinski definition) is 2. The molecule has 0 heterocycles. The van der Waals surface area contributed by atoms with Crippen LogP contribution in [0.2, 0.25) is 5.02 Å². The number of nitrogens with one attached hydrogen (secondary N) is 1. The second-order valence-corrected chi connectivity index (χ2v) is 5.45. The van der Waals surface area contributed by atoms with Gasteiger partial charge in [0.15, 0.2) is 0 Å². The van der Waals surface area contributed by atoms with Gasteiger partial charge in [0.05, 0.1) is 7.45 Å². The lowest BCUT2D eigenvalue weighted by atomic mass is 10.00. The van der Waals surface area contributed by atoms with E-state index in [0.717, 1.165) is 0 Å². The van der Waals surface area contributed by atoms with Gasteiger partial charge in [0.25, 0.3) is 0 Å². The molecule has 90 valence electrons. The first-order chi connectivity index (χ1) is 7.63. The second kappa shape index (κ2) is 5.17. The molecule has 0 saturated heterocycles. The van der Waals surface area contributed by atoms with E-state index in [1.807, 2.05) is 20.8 Å². The van der Waals surface area contributed by atoms with Crippen molar-refractivity contribution in [2.24, 2.45) is 0 Å². The van der Waals surface area contributed by atoms with Gasteiger partial charge in [0, 0.05) is 16.6 Å². The first kappa shape index (κ1) is 11.9. The maximum Gasteiger partial charge on any atom is 0.0940 e. The number of benzene rings is 1. The summed E-state index contributed by atoms with van der Waals surface area (Å²) in [6.07, 6.45) is -1.70. The fourth-order valence-corrected chi connectivity index (χ4v) is 1.81. The van der Waals surface area contributed by atoms with Gasteiger partial charge >= 0.3 is 0 Å². The number of halogens is 1. The summed E-state index contributed by atoms with van der Waals surface area (Å²) in [7, 11) is 0. The number of rotatable bonds is 3. The molecule has 1 rings (SSSR count). The molecule has 0 amide bonds. The minimum absolute atomic E-state index is 0.160. The van der Waals surface area contributed by atoms with Crippen LogP contribution in [-0.2, 0) is 0 Å². The van der Waals surface area contributed by atoms with Crippen LogP contribution in [-0.4, -0.2) is 16.7 Å². The average molecular weight is 244 g/mol. The van der Waals surface area contributed by atoms with Crippen molar-refractivity contribution in [1.29, 1.82) is 0 Å². The summed E-state index contributed by atoms with van der Waals surface area (Å²) in [5.74, 6) is 0. The minimum atomic E-state index is -1.70. The molecule has 0 fully saturated rings. The van der Waals surface area contributed by atoms with Crippen molar-refractivity contribution in [3.63, 3.8) is 0 Å². The molecule has 0 aliphatic carbocycles. The molecule has 2 nitrogen and oxygen atoms in total. The Balaban J connectivity index is 2.94. The van der Waals surface area contributed by atoms with Crippen molar-refractivity contribution in [3.05, 3.63) is 34.9 Å². The van der Waals surface area contributed by atoms with Crippen LogP contribution < -0.4 is 5.32 Å². The van der Waals surface area contributed by atoms with Crippen LogP contribution in [0, 0.1) is 0 Å². The van der Waals surface area contributed by atoms with Gasteiger partial charge in [-0.15, -0.1) is 0 Å². The zero-order chi connectivity index (χ0) is 13.3. The molecule has 0 unspecified atom stereocenters. The average Bonchev–Trinajstić information content (AvgIpc) is 2.15. The fourth-order valence-electron chi connectivity index (χ4n) is 1.62. The van der Waals surface area contributed by atoms with E-state index in [-0.39, 0.29) is 5.54 Å². The quantitative estimate of drug-likeness (QED) is 0.855. The van der Waals surface area contributed by atoms with Crippen molar-refractivity contribution in [3.8, 4) is 0 Å². The maximum atomic E-state index is 10.3. The van der Waals surface area contributed by atoms with E-state index in [1.165, 1.54) is 0 Å². The predicted molar refractivity (Wildman–Crippen MR) is 68.8 cm³/mol. The predicted octanol–water partition coefficient (Wildman–Crippen LogP) is 3.15. The van der Waals surface area contributed by atoms with Gasteiger partial charge < -0.3 is 10.4 Å². The molecule has 0 aliphatic rings. The largest absolute Gasteiger partial charge is 0.387 e. The highest BCUT2D eigenvalue weighted by Crippen LogP contribution is 2.21. The zero-order valence-corrected chi connectivity index (χ0v) is 11.0. The highest BCUT2D eigenvalue weighted by atomic mass is 35.5. The molecule has 1 aromatic rings. The van der Waals surface area contributed by atoms with Gasteiger partial charge in [-0.3, -0.25) is 0 Å². The Bertz CT molecular complexity index is 387. The van der Waals surface area contributed by atoms with Crippen LogP contribution in [0.3, 0.4) is 0 Å². The summed E-state index contributed by atoms with van der Waals surface area (Å²) >= 11 is 5.87. The van der Waals surface area contributed by atoms with Crippen molar-refractivity contribution in [2.45, 2.75) is 45.4 Å². The zero-order valence-electron chi connectivity index (χ0n) is 11.2. The number of aliphatic hydroxyl groups is 1. The molecule has 0 bridgehead atoms. The van der Waals surface area contributed by atoms with Crippen molar-refractivity contribution >= 4 is 11.6 Å². The monoisotopic (exact) mass is 243 g/mol. The first-order valence-electron chi connectivity index (χ1n) is 5.89. The van der Waals surface area contributed by atoms with Crippen molar-refractivity contribution in [2.75, 3.05) is 0 Å². The van der Waals surface area contributed by atoms with Gasteiger partial charge in [0.1, 0.15) is 0 Å². The van der Waals surface area contributed by atoms with Crippen LogP contribution in [0.15, 0.2) is 24.3 Å². The summed E-state index contributed by atoms with van der Waals surface area (Å²) in [6, 6.07) is 6.39. The smallest absolute Gasteiger partial charge is 0.0940 e. The molecule has 1 aromatic carbocycles. The third-order valence-electron chi connectivity index (χ3n) is 2.18. The van der Waals surface area contributed by atoms with Crippen LogP contribution in [0.1, 0.15) is 40.7 Å². The standard InChI is InChI=1S/C13H20ClNO/c1-9(15-13(2,3)4)12(16)10-6-5-7-11(14)8-10/h5-9,12,15-16H,1-4H3/t9-,12-/m1/s1/i12T. The van der Waals surface area contributed by atoms with E-state index in [2.05, 4.69) is 5.32 Å². The summed E-state index contributed by atoms with van der Waals surface area (Å²) in [4.78, 5) is 0.